The molecule has 0 saturated carbocycles. The third-order valence-corrected chi connectivity index (χ3v) is 9.84. The molecule has 0 aliphatic heterocycles. The van der Waals surface area contributed by atoms with Crippen molar-refractivity contribution in [1.29, 1.82) is 0 Å². The van der Waals surface area contributed by atoms with E-state index in [4.69, 9.17) is 20.0 Å². The molecule has 2 N–H and O–H groups in total. The average molecular weight is 376 g/mol. The smallest absolute Gasteiger partial charge is 0.192 e. The molecule has 1 aromatic carbocycles. The lowest BCUT2D eigenvalue weighted by Crippen LogP contribution is -2.45. The number of hydrogen-bond donors (Lipinski definition) is 1. The minimum absolute atomic E-state index is 0.0295. The fraction of sp³-hybridized carbons (Fsp3) is 0.550. The molecule has 0 spiro atoms. The molecule has 0 fully saturated rings. The molecule has 0 bridgehead atoms. The van der Waals surface area contributed by atoms with Crippen LogP contribution in [0.4, 0.5) is 5.82 Å². The Morgan fingerprint density at radius 3 is 2.35 bits per heavy atom. The predicted molar refractivity (Wildman–Crippen MR) is 110 cm³/mol. The van der Waals surface area contributed by atoms with Crippen LogP contribution < -0.4 is 5.73 Å². The molecule has 2 aromatic rings. The number of ether oxygens (including phenoxy) is 1. The minimum Gasteiger partial charge on any atom is -0.411 e. The van der Waals surface area contributed by atoms with Gasteiger partial charge in [-0.2, -0.15) is 5.10 Å². The van der Waals surface area contributed by atoms with Crippen molar-refractivity contribution in [2.24, 2.45) is 0 Å². The summed E-state index contributed by atoms with van der Waals surface area (Å²) in [5.74, 6) is 0.676. The third kappa shape index (κ3) is 4.55. The highest BCUT2D eigenvalue weighted by Gasteiger charge is 2.39. The molecule has 2 rings (SSSR count). The van der Waals surface area contributed by atoms with Crippen molar-refractivity contribution in [1.82, 2.24) is 9.78 Å². The van der Waals surface area contributed by atoms with Crippen LogP contribution >= 0.6 is 0 Å². The highest BCUT2D eigenvalue weighted by atomic mass is 28.4. The van der Waals surface area contributed by atoms with Gasteiger partial charge >= 0.3 is 0 Å². The van der Waals surface area contributed by atoms with Crippen LogP contribution in [0, 0.1) is 6.92 Å². The van der Waals surface area contributed by atoms with E-state index in [0.717, 1.165) is 16.9 Å². The zero-order valence-electron chi connectivity index (χ0n) is 17.2. The van der Waals surface area contributed by atoms with Gasteiger partial charge in [0.15, 0.2) is 8.32 Å². The van der Waals surface area contributed by atoms with Gasteiger partial charge in [-0.1, -0.05) is 39.0 Å². The van der Waals surface area contributed by atoms with E-state index in [1.807, 2.05) is 37.3 Å². The van der Waals surface area contributed by atoms with Crippen LogP contribution in [-0.4, -0.2) is 37.9 Å². The number of para-hydroxylation sites is 1. The number of aromatic nitrogens is 2. The molecule has 144 valence electrons. The second kappa shape index (κ2) is 7.94. The topological polar surface area (TPSA) is 62.3 Å². The van der Waals surface area contributed by atoms with E-state index >= 15 is 0 Å². The van der Waals surface area contributed by atoms with Crippen molar-refractivity contribution >= 4 is 14.1 Å². The normalized spacial score (nSPS) is 13.8. The Labute approximate surface area is 158 Å². The van der Waals surface area contributed by atoms with Crippen molar-refractivity contribution in [2.75, 3.05) is 19.5 Å². The Kier molecular flexibility index (Phi) is 6.32. The van der Waals surface area contributed by atoms with Crippen LogP contribution in [0.15, 0.2) is 30.3 Å². The van der Waals surface area contributed by atoms with E-state index in [9.17, 15) is 0 Å². The monoisotopic (exact) mass is 375 g/mol. The maximum Gasteiger partial charge on any atom is 0.192 e. The van der Waals surface area contributed by atoms with Crippen LogP contribution in [0.5, 0.6) is 0 Å². The summed E-state index contributed by atoms with van der Waals surface area (Å²) in [6.07, 6.45) is 0.661. The van der Waals surface area contributed by atoms with Crippen LogP contribution in [0.25, 0.3) is 5.69 Å². The summed E-state index contributed by atoms with van der Waals surface area (Å²) in [4.78, 5) is 0. The van der Waals surface area contributed by atoms with E-state index in [0.29, 0.717) is 18.8 Å². The van der Waals surface area contributed by atoms with Crippen LogP contribution in [0.2, 0.25) is 18.1 Å². The van der Waals surface area contributed by atoms with Gasteiger partial charge in [0, 0.05) is 19.1 Å². The lowest BCUT2D eigenvalue weighted by molar-refractivity contribution is 0.0711. The van der Waals surface area contributed by atoms with Crippen molar-refractivity contribution < 1.29 is 9.16 Å². The lowest BCUT2D eigenvalue weighted by atomic mass is 10.1. The highest BCUT2D eigenvalue weighted by Crippen LogP contribution is 2.37. The molecule has 1 atom stereocenters. The van der Waals surface area contributed by atoms with Gasteiger partial charge < -0.3 is 14.9 Å². The summed E-state index contributed by atoms with van der Waals surface area (Å²) in [6, 6.07) is 9.97. The summed E-state index contributed by atoms with van der Waals surface area (Å²) in [6.45, 7) is 13.8. The Hall–Kier alpha value is -1.63. The molecule has 0 saturated heterocycles. The van der Waals surface area contributed by atoms with Gasteiger partial charge in [-0.3, -0.25) is 0 Å². The molecular formula is C20H33N3O2Si. The van der Waals surface area contributed by atoms with Gasteiger partial charge in [-0.15, -0.1) is 0 Å². The lowest BCUT2D eigenvalue weighted by Gasteiger charge is -2.39. The zero-order chi connectivity index (χ0) is 19.5. The maximum absolute atomic E-state index is 6.58. The minimum atomic E-state index is -1.89. The van der Waals surface area contributed by atoms with Crippen molar-refractivity contribution in [3.8, 4) is 5.69 Å². The van der Waals surface area contributed by atoms with Gasteiger partial charge in [0.2, 0.25) is 0 Å². The van der Waals surface area contributed by atoms with E-state index in [1.165, 1.54) is 0 Å². The molecule has 1 aromatic heterocycles. The molecule has 6 heteroatoms. The second-order valence-corrected chi connectivity index (χ2v) is 13.1. The Bertz CT molecular complexity index is 721. The molecule has 0 unspecified atom stereocenters. The number of anilines is 1. The third-order valence-electron chi connectivity index (χ3n) is 5.31. The quantitative estimate of drug-likeness (QED) is 0.731. The first-order valence-electron chi connectivity index (χ1n) is 9.13. The molecule has 0 aliphatic carbocycles. The van der Waals surface area contributed by atoms with Gasteiger partial charge in [0.1, 0.15) is 5.82 Å². The molecule has 0 amide bonds. The summed E-state index contributed by atoms with van der Waals surface area (Å²) >= 11 is 0. The fourth-order valence-corrected chi connectivity index (χ4v) is 3.98. The maximum atomic E-state index is 6.58. The fourth-order valence-electron chi connectivity index (χ4n) is 2.65. The number of methoxy groups -OCH3 is 1. The molecule has 26 heavy (non-hydrogen) atoms. The van der Waals surface area contributed by atoms with E-state index in [1.54, 1.807) is 11.8 Å². The van der Waals surface area contributed by atoms with Gasteiger partial charge in [0.05, 0.1) is 24.1 Å². The van der Waals surface area contributed by atoms with Crippen molar-refractivity contribution in [2.45, 2.75) is 58.4 Å². The van der Waals surface area contributed by atoms with Gasteiger partial charge in [-0.25, -0.2) is 4.68 Å². The average Bonchev–Trinajstić information content (AvgIpc) is 2.83. The Morgan fingerprint density at radius 1 is 1.19 bits per heavy atom. The summed E-state index contributed by atoms with van der Waals surface area (Å²) in [7, 11) is -0.179. The highest BCUT2D eigenvalue weighted by molar-refractivity contribution is 6.74. The second-order valence-electron chi connectivity index (χ2n) is 8.36. The van der Waals surface area contributed by atoms with Crippen LogP contribution in [-0.2, 0) is 15.6 Å². The Balaban J connectivity index is 2.27. The van der Waals surface area contributed by atoms with E-state index in [2.05, 4.69) is 33.9 Å². The summed E-state index contributed by atoms with van der Waals surface area (Å²) in [5.41, 5.74) is 9.26. The Morgan fingerprint density at radius 2 is 1.81 bits per heavy atom. The van der Waals surface area contributed by atoms with Gasteiger partial charge in [0.25, 0.3) is 0 Å². The van der Waals surface area contributed by atoms with Crippen LogP contribution in [0.1, 0.15) is 32.0 Å². The molecule has 0 aliphatic rings. The number of nitrogen functional groups attached to an aromatic ring is 1. The first-order valence-corrected chi connectivity index (χ1v) is 12.0. The molecule has 1 heterocycles. The first-order chi connectivity index (χ1) is 12.1. The van der Waals surface area contributed by atoms with Crippen molar-refractivity contribution in [3.63, 3.8) is 0 Å². The number of rotatable bonds is 7. The van der Waals surface area contributed by atoms with Crippen molar-refractivity contribution in [3.05, 3.63) is 41.6 Å². The predicted octanol–water partition coefficient (Wildman–Crippen LogP) is 4.34. The summed E-state index contributed by atoms with van der Waals surface area (Å²) in [5, 5.41) is 4.91. The number of nitrogens with zero attached hydrogens (tertiary/aromatic N) is 2. The first kappa shape index (κ1) is 20.7. The van der Waals surface area contributed by atoms with E-state index < -0.39 is 8.32 Å². The molecular weight excluding hydrogens is 342 g/mol. The molecule has 5 nitrogen and oxygen atoms in total. The number of hydrogen-bond acceptors (Lipinski definition) is 4. The number of benzene rings is 1. The summed E-state index contributed by atoms with van der Waals surface area (Å²) < 4.78 is 13.8. The largest absolute Gasteiger partial charge is 0.411 e. The SMILES string of the molecule is COC[C@@H](Cc1nn(-c2ccccc2)c(N)c1C)O[Si](C)(C)C(C)(C)C. The zero-order valence-corrected chi connectivity index (χ0v) is 18.2. The molecule has 0 radical (unpaired) electrons. The standard InChI is InChI=1S/C20H33N3O2Si/c1-15-18(22-23(19(15)21)16-11-9-8-10-12-16)13-17(14-24-5)25-26(6,7)20(2,3)4/h8-12,17H,13-14,21H2,1-7H3/t17-/m1/s1. The van der Waals surface area contributed by atoms with Crippen LogP contribution in [0.3, 0.4) is 0 Å². The number of nitrogens with two attached hydrogens (primary N) is 1. The van der Waals surface area contributed by atoms with E-state index in [-0.39, 0.29) is 11.1 Å². The van der Waals surface area contributed by atoms with Gasteiger partial charge in [-0.05, 0) is 37.2 Å².